The summed E-state index contributed by atoms with van der Waals surface area (Å²) in [7, 11) is 0. The topological polar surface area (TPSA) is 50.9 Å². The summed E-state index contributed by atoms with van der Waals surface area (Å²) >= 11 is 1.72. The number of hydrogen-bond acceptors (Lipinski definition) is 4. The number of aromatic nitrogens is 1. The summed E-state index contributed by atoms with van der Waals surface area (Å²) in [4.78, 5) is 4.36. The number of nitrogens with one attached hydrogen (secondary N) is 1. The average Bonchev–Trinajstić information content (AvgIpc) is 2.99. The van der Waals surface area contributed by atoms with Crippen molar-refractivity contribution in [2.24, 2.45) is 11.7 Å². The molecule has 0 saturated heterocycles. The molecule has 4 heteroatoms. The van der Waals surface area contributed by atoms with Crippen LogP contribution < -0.4 is 11.1 Å². The smallest absolute Gasteiger partial charge is 0.109 e. The maximum absolute atomic E-state index is 6.30. The van der Waals surface area contributed by atoms with Crippen molar-refractivity contribution in [1.29, 1.82) is 0 Å². The zero-order valence-electron chi connectivity index (χ0n) is 10.1. The fourth-order valence-electron chi connectivity index (χ4n) is 2.04. The van der Waals surface area contributed by atoms with Crippen LogP contribution in [0.5, 0.6) is 0 Å². The van der Waals surface area contributed by atoms with Crippen molar-refractivity contribution in [2.45, 2.75) is 44.7 Å². The quantitative estimate of drug-likeness (QED) is 0.801. The van der Waals surface area contributed by atoms with E-state index in [1.54, 1.807) is 11.3 Å². The molecule has 16 heavy (non-hydrogen) atoms. The highest BCUT2D eigenvalue weighted by atomic mass is 32.1. The summed E-state index contributed by atoms with van der Waals surface area (Å²) in [6, 6.07) is 0.363. The maximum atomic E-state index is 6.30. The molecule has 90 valence electrons. The monoisotopic (exact) mass is 239 g/mol. The zero-order chi connectivity index (χ0) is 11.6. The van der Waals surface area contributed by atoms with E-state index in [2.05, 4.69) is 24.1 Å². The molecular formula is C12H21N3S. The zero-order valence-corrected chi connectivity index (χ0v) is 10.9. The number of rotatable bonds is 6. The first-order chi connectivity index (χ1) is 7.63. The van der Waals surface area contributed by atoms with E-state index in [1.165, 1.54) is 17.8 Å². The summed E-state index contributed by atoms with van der Waals surface area (Å²) in [5, 5.41) is 6.76. The van der Waals surface area contributed by atoms with Crippen LogP contribution in [0.15, 0.2) is 11.6 Å². The van der Waals surface area contributed by atoms with E-state index >= 15 is 0 Å². The van der Waals surface area contributed by atoms with Crippen LogP contribution in [0, 0.1) is 5.92 Å². The molecule has 1 aliphatic rings. The summed E-state index contributed by atoms with van der Waals surface area (Å²) in [6.45, 7) is 5.23. The third-order valence-corrected chi connectivity index (χ3v) is 4.29. The lowest BCUT2D eigenvalue weighted by atomic mass is 9.97. The summed E-state index contributed by atoms with van der Waals surface area (Å²) in [5.41, 5.74) is 6.25. The Balaban J connectivity index is 1.88. The SMILES string of the molecule is CCC(NCC(C)(N)C1CC1)c1nccs1. The van der Waals surface area contributed by atoms with Crippen LogP contribution in [-0.2, 0) is 0 Å². The Kier molecular flexibility index (Phi) is 3.62. The molecule has 0 radical (unpaired) electrons. The largest absolute Gasteiger partial charge is 0.324 e. The number of thiazole rings is 1. The Hall–Kier alpha value is -0.450. The van der Waals surface area contributed by atoms with E-state index in [4.69, 9.17) is 5.73 Å². The first-order valence-corrected chi connectivity index (χ1v) is 6.93. The first-order valence-electron chi connectivity index (χ1n) is 6.05. The molecule has 0 aromatic carbocycles. The van der Waals surface area contributed by atoms with Crippen LogP contribution in [-0.4, -0.2) is 17.1 Å². The van der Waals surface area contributed by atoms with Gasteiger partial charge in [-0.3, -0.25) is 0 Å². The molecule has 0 aliphatic heterocycles. The minimum Gasteiger partial charge on any atom is -0.324 e. The summed E-state index contributed by atoms with van der Waals surface area (Å²) < 4.78 is 0. The van der Waals surface area contributed by atoms with Gasteiger partial charge in [0.25, 0.3) is 0 Å². The van der Waals surface area contributed by atoms with Gasteiger partial charge in [-0.25, -0.2) is 4.98 Å². The molecule has 1 heterocycles. The molecule has 2 unspecified atom stereocenters. The predicted octanol–water partition coefficient (Wildman–Crippen LogP) is 2.31. The maximum Gasteiger partial charge on any atom is 0.109 e. The van der Waals surface area contributed by atoms with Crippen LogP contribution in [0.2, 0.25) is 0 Å². The second-order valence-corrected chi connectivity index (χ2v) is 5.92. The lowest BCUT2D eigenvalue weighted by Gasteiger charge is -2.27. The minimum atomic E-state index is -0.0509. The minimum absolute atomic E-state index is 0.0509. The fourth-order valence-corrected chi connectivity index (χ4v) is 2.84. The van der Waals surface area contributed by atoms with Crippen molar-refractivity contribution in [3.05, 3.63) is 16.6 Å². The van der Waals surface area contributed by atoms with E-state index in [0.29, 0.717) is 12.0 Å². The molecule has 3 nitrogen and oxygen atoms in total. The lowest BCUT2D eigenvalue weighted by molar-refractivity contribution is 0.353. The highest BCUT2D eigenvalue weighted by molar-refractivity contribution is 7.09. The van der Waals surface area contributed by atoms with Crippen molar-refractivity contribution in [3.8, 4) is 0 Å². The van der Waals surface area contributed by atoms with E-state index in [9.17, 15) is 0 Å². The molecule has 2 rings (SSSR count). The normalized spacial score (nSPS) is 21.7. The van der Waals surface area contributed by atoms with Gasteiger partial charge in [0.1, 0.15) is 5.01 Å². The number of nitrogens with zero attached hydrogens (tertiary/aromatic N) is 1. The molecule has 0 amide bonds. The standard InChI is InChI=1S/C12H21N3S/c1-3-10(11-14-6-7-16-11)15-8-12(2,13)9-4-5-9/h6-7,9-10,15H,3-5,8,13H2,1-2H3. The number of nitrogens with two attached hydrogens (primary N) is 1. The van der Waals surface area contributed by atoms with Crippen LogP contribution in [0.25, 0.3) is 0 Å². The van der Waals surface area contributed by atoms with Gasteiger partial charge >= 0.3 is 0 Å². The molecule has 0 bridgehead atoms. The molecule has 1 aromatic rings. The Labute approximate surface area is 101 Å². The lowest BCUT2D eigenvalue weighted by Crippen LogP contribution is -2.48. The van der Waals surface area contributed by atoms with Gasteiger partial charge in [-0.05, 0) is 32.1 Å². The van der Waals surface area contributed by atoms with Gasteiger partial charge < -0.3 is 11.1 Å². The fraction of sp³-hybridized carbons (Fsp3) is 0.750. The molecule has 1 saturated carbocycles. The predicted molar refractivity (Wildman–Crippen MR) is 68.5 cm³/mol. The van der Waals surface area contributed by atoms with E-state index in [0.717, 1.165) is 13.0 Å². The first kappa shape index (κ1) is 12.0. The van der Waals surface area contributed by atoms with Crippen molar-refractivity contribution in [2.75, 3.05) is 6.54 Å². The van der Waals surface area contributed by atoms with E-state index in [1.807, 2.05) is 11.6 Å². The van der Waals surface area contributed by atoms with Crippen molar-refractivity contribution < 1.29 is 0 Å². The molecular weight excluding hydrogens is 218 g/mol. The third kappa shape index (κ3) is 2.81. The highest BCUT2D eigenvalue weighted by Crippen LogP contribution is 2.38. The van der Waals surface area contributed by atoms with Crippen LogP contribution >= 0.6 is 11.3 Å². The van der Waals surface area contributed by atoms with Gasteiger partial charge in [-0.15, -0.1) is 11.3 Å². The van der Waals surface area contributed by atoms with Gasteiger partial charge in [-0.2, -0.15) is 0 Å². The van der Waals surface area contributed by atoms with Gasteiger partial charge in [0.2, 0.25) is 0 Å². The van der Waals surface area contributed by atoms with Crippen LogP contribution in [0.4, 0.5) is 0 Å². The summed E-state index contributed by atoms with van der Waals surface area (Å²) in [6.07, 6.45) is 5.52. The Morgan fingerprint density at radius 2 is 2.44 bits per heavy atom. The Morgan fingerprint density at radius 1 is 1.69 bits per heavy atom. The van der Waals surface area contributed by atoms with E-state index < -0.39 is 0 Å². The molecule has 1 aromatic heterocycles. The molecule has 3 N–H and O–H groups in total. The molecule has 1 fully saturated rings. The number of hydrogen-bond donors (Lipinski definition) is 2. The van der Waals surface area contributed by atoms with Gasteiger partial charge in [-0.1, -0.05) is 6.92 Å². The Bertz CT molecular complexity index is 317. The van der Waals surface area contributed by atoms with Gasteiger partial charge in [0.05, 0.1) is 6.04 Å². The van der Waals surface area contributed by atoms with Crippen molar-refractivity contribution in [1.82, 2.24) is 10.3 Å². The Morgan fingerprint density at radius 3 is 2.94 bits per heavy atom. The molecule has 0 spiro atoms. The van der Waals surface area contributed by atoms with Crippen molar-refractivity contribution in [3.63, 3.8) is 0 Å². The second kappa shape index (κ2) is 4.82. The summed E-state index contributed by atoms with van der Waals surface area (Å²) in [5.74, 6) is 0.716. The second-order valence-electron chi connectivity index (χ2n) is 4.99. The van der Waals surface area contributed by atoms with Crippen LogP contribution in [0.3, 0.4) is 0 Å². The third-order valence-electron chi connectivity index (χ3n) is 3.40. The average molecular weight is 239 g/mol. The molecule has 2 atom stereocenters. The van der Waals surface area contributed by atoms with Crippen LogP contribution in [0.1, 0.15) is 44.2 Å². The highest BCUT2D eigenvalue weighted by Gasteiger charge is 2.38. The van der Waals surface area contributed by atoms with E-state index in [-0.39, 0.29) is 5.54 Å². The van der Waals surface area contributed by atoms with Gasteiger partial charge in [0.15, 0.2) is 0 Å². The molecule has 1 aliphatic carbocycles. The van der Waals surface area contributed by atoms with Crippen molar-refractivity contribution >= 4 is 11.3 Å². The van der Waals surface area contributed by atoms with Gasteiger partial charge in [0, 0.05) is 23.7 Å².